The number of rotatable bonds is 2. The lowest BCUT2D eigenvalue weighted by atomic mass is 9.89. The second kappa shape index (κ2) is 4.74. The maximum Gasteiger partial charge on any atom is 0.151 e. The molecule has 1 aromatic carbocycles. The summed E-state index contributed by atoms with van der Waals surface area (Å²) < 4.78 is 29.2. The summed E-state index contributed by atoms with van der Waals surface area (Å²) in [5.41, 5.74) is 0.903. The molecule has 2 atom stereocenters. The van der Waals surface area contributed by atoms with Gasteiger partial charge in [0.15, 0.2) is 9.84 Å². The summed E-state index contributed by atoms with van der Waals surface area (Å²) in [5.74, 6) is 1.47. The lowest BCUT2D eigenvalue weighted by Crippen LogP contribution is -2.43. The van der Waals surface area contributed by atoms with Crippen LogP contribution in [0.15, 0.2) is 24.3 Å². The highest BCUT2D eigenvalue weighted by molar-refractivity contribution is 7.91. The lowest BCUT2D eigenvalue weighted by molar-refractivity contribution is 0.0642. The molecule has 1 N–H and O–H groups in total. The van der Waals surface area contributed by atoms with Gasteiger partial charge >= 0.3 is 0 Å². The van der Waals surface area contributed by atoms with Crippen molar-refractivity contribution >= 4 is 9.84 Å². The summed E-state index contributed by atoms with van der Waals surface area (Å²) in [7, 11) is -2.85. The van der Waals surface area contributed by atoms with E-state index in [0.29, 0.717) is 12.2 Å². The summed E-state index contributed by atoms with van der Waals surface area (Å²) in [6, 6.07) is 8.24. The van der Waals surface area contributed by atoms with Gasteiger partial charge in [-0.15, -0.1) is 0 Å². The zero-order valence-corrected chi connectivity index (χ0v) is 12.7. The molecule has 0 radical (unpaired) electrons. The average Bonchev–Trinajstić information content (AvgIpc) is 2.67. The molecular weight excluding hydrogens is 274 g/mol. The second-order valence-electron chi connectivity index (χ2n) is 6.42. The van der Waals surface area contributed by atoms with Gasteiger partial charge in [-0.05, 0) is 26.3 Å². The van der Waals surface area contributed by atoms with Crippen LogP contribution in [0, 0.1) is 0 Å². The van der Waals surface area contributed by atoms with Crippen LogP contribution >= 0.6 is 0 Å². The first-order valence-corrected chi connectivity index (χ1v) is 8.91. The van der Waals surface area contributed by atoms with Gasteiger partial charge in [0.2, 0.25) is 0 Å². The topological polar surface area (TPSA) is 55.4 Å². The maximum absolute atomic E-state index is 11.6. The van der Waals surface area contributed by atoms with E-state index in [1.165, 1.54) is 0 Å². The predicted octanol–water partition coefficient (Wildman–Crippen LogP) is 2.07. The number of para-hydroxylation sites is 1. The zero-order valence-electron chi connectivity index (χ0n) is 11.9. The van der Waals surface area contributed by atoms with Crippen LogP contribution in [-0.4, -0.2) is 31.6 Å². The van der Waals surface area contributed by atoms with E-state index < -0.39 is 9.84 Å². The molecule has 2 aliphatic rings. The molecule has 0 saturated carbocycles. The third-order valence-electron chi connectivity index (χ3n) is 4.05. The van der Waals surface area contributed by atoms with Crippen LogP contribution in [0.3, 0.4) is 0 Å². The van der Waals surface area contributed by atoms with Gasteiger partial charge in [0, 0.05) is 24.1 Å². The zero-order chi connectivity index (χ0) is 14.4. The molecule has 1 fully saturated rings. The monoisotopic (exact) mass is 295 g/mol. The Kier molecular flexibility index (Phi) is 3.29. The highest BCUT2D eigenvalue weighted by Crippen LogP contribution is 2.39. The average molecular weight is 295 g/mol. The van der Waals surface area contributed by atoms with Crippen LogP contribution < -0.4 is 10.1 Å². The first-order valence-electron chi connectivity index (χ1n) is 7.09. The van der Waals surface area contributed by atoms with Crippen LogP contribution in [0.25, 0.3) is 0 Å². The fourth-order valence-electron chi connectivity index (χ4n) is 3.16. The minimum Gasteiger partial charge on any atom is -0.487 e. The smallest absolute Gasteiger partial charge is 0.151 e. The Balaban J connectivity index is 1.82. The molecule has 2 aliphatic heterocycles. The van der Waals surface area contributed by atoms with Gasteiger partial charge < -0.3 is 10.1 Å². The molecule has 20 heavy (non-hydrogen) atoms. The van der Waals surface area contributed by atoms with Crippen LogP contribution in [0.5, 0.6) is 5.75 Å². The Morgan fingerprint density at radius 2 is 2.05 bits per heavy atom. The van der Waals surface area contributed by atoms with Crippen molar-refractivity contribution in [1.29, 1.82) is 0 Å². The SMILES string of the molecule is CC1(C)CC(NC2CCS(=O)(=O)C2)c2ccccc2O1. The van der Waals surface area contributed by atoms with E-state index in [0.717, 1.165) is 17.7 Å². The molecule has 5 heteroatoms. The second-order valence-corrected chi connectivity index (χ2v) is 8.65. The Morgan fingerprint density at radius 3 is 2.75 bits per heavy atom. The fourth-order valence-corrected chi connectivity index (χ4v) is 4.85. The number of hydrogen-bond acceptors (Lipinski definition) is 4. The van der Waals surface area contributed by atoms with Crippen LogP contribution in [0.2, 0.25) is 0 Å². The highest BCUT2D eigenvalue weighted by atomic mass is 32.2. The van der Waals surface area contributed by atoms with Crippen LogP contribution in [0.1, 0.15) is 38.3 Å². The summed E-state index contributed by atoms with van der Waals surface area (Å²) in [6.45, 7) is 4.14. The molecule has 110 valence electrons. The van der Waals surface area contributed by atoms with Gasteiger partial charge in [-0.2, -0.15) is 0 Å². The number of sulfone groups is 1. The highest BCUT2D eigenvalue weighted by Gasteiger charge is 2.36. The maximum atomic E-state index is 11.6. The van der Waals surface area contributed by atoms with E-state index in [1.807, 2.05) is 18.2 Å². The molecule has 0 amide bonds. The third kappa shape index (κ3) is 2.83. The first kappa shape index (κ1) is 13.9. The van der Waals surface area contributed by atoms with Crippen molar-refractivity contribution in [3.8, 4) is 5.75 Å². The van der Waals surface area contributed by atoms with Gasteiger partial charge in [-0.3, -0.25) is 0 Å². The van der Waals surface area contributed by atoms with Gasteiger partial charge in [-0.1, -0.05) is 18.2 Å². The number of fused-ring (bicyclic) bond motifs is 1. The standard InChI is InChI=1S/C15H21NO3S/c1-15(2)9-13(12-5-3-4-6-14(12)19-15)16-11-7-8-20(17,18)10-11/h3-6,11,13,16H,7-10H2,1-2H3. The largest absolute Gasteiger partial charge is 0.487 e. The van der Waals surface area contributed by atoms with E-state index in [1.54, 1.807) is 0 Å². The van der Waals surface area contributed by atoms with Crippen molar-refractivity contribution in [2.45, 2.75) is 44.4 Å². The summed E-state index contributed by atoms with van der Waals surface area (Å²) >= 11 is 0. The molecule has 2 heterocycles. The Bertz CT molecular complexity index is 609. The van der Waals surface area contributed by atoms with Crippen molar-refractivity contribution in [1.82, 2.24) is 5.32 Å². The number of benzene rings is 1. The van der Waals surface area contributed by atoms with E-state index >= 15 is 0 Å². The summed E-state index contributed by atoms with van der Waals surface area (Å²) in [6.07, 6.45) is 1.56. The molecular formula is C15H21NO3S. The fraction of sp³-hybridized carbons (Fsp3) is 0.600. The van der Waals surface area contributed by atoms with E-state index in [4.69, 9.17) is 4.74 Å². The van der Waals surface area contributed by atoms with E-state index in [9.17, 15) is 8.42 Å². The van der Waals surface area contributed by atoms with Crippen molar-refractivity contribution in [2.24, 2.45) is 0 Å². The normalized spacial score (nSPS) is 30.5. The molecule has 2 unspecified atom stereocenters. The molecule has 0 aliphatic carbocycles. The van der Waals surface area contributed by atoms with Crippen molar-refractivity contribution in [3.05, 3.63) is 29.8 Å². The Labute approximate surface area is 120 Å². The molecule has 0 bridgehead atoms. The van der Waals surface area contributed by atoms with Gasteiger partial charge in [0.1, 0.15) is 11.4 Å². The summed E-state index contributed by atoms with van der Waals surface area (Å²) in [4.78, 5) is 0. The predicted molar refractivity (Wildman–Crippen MR) is 78.7 cm³/mol. The Hall–Kier alpha value is -1.07. The number of ether oxygens (including phenoxy) is 1. The molecule has 0 aromatic heterocycles. The number of nitrogens with one attached hydrogen (secondary N) is 1. The van der Waals surface area contributed by atoms with Gasteiger partial charge in [0.25, 0.3) is 0 Å². The Morgan fingerprint density at radius 1 is 1.30 bits per heavy atom. The van der Waals surface area contributed by atoms with Crippen molar-refractivity contribution in [3.63, 3.8) is 0 Å². The van der Waals surface area contributed by atoms with Crippen molar-refractivity contribution < 1.29 is 13.2 Å². The number of hydrogen-bond donors (Lipinski definition) is 1. The first-order chi connectivity index (χ1) is 9.35. The van der Waals surface area contributed by atoms with E-state index in [-0.39, 0.29) is 23.4 Å². The van der Waals surface area contributed by atoms with Crippen LogP contribution in [-0.2, 0) is 9.84 Å². The lowest BCUT2D eigenvalue weighted by Gasteiger charge is -2.39. The van der Waals surface area contributed by atoms with Gasteiger partial charge in [-0.25, -0.2) is 8.42 Å². The molecule has 1 saturated heterocycles. The minimum absolute atomic E-state index is 0.0620. The van der Waals surface area contributed by atoms with Crippen molar-refractivity contribution in [2.75, 3.05) is 11.5 Å². The minimum atomic E-state index is -2.85. The third-order valence-corrected chi connectivity index (χ3v) is 5.81. The molecule has 3 rings (SSSR count). The quantitative estimate of drug-likeness (QED) is 0.907. The van der Waals surface area contributed by atoms with Crippen LogP contribution in [0.4, 0.5) is 0 Å². The molecule has 4 nitrogen and oxygen atoms in total. The van der Waals surface area contributed by atoms with E-state index in [2.05, 4.69) is 25.2 Å². The van der Waals surface area contributed by atoms with Gasteiger partial charge in [0.05, 0.1) is 11.5 Å². The molecule has 1 aromatic rings. The molecule has 0 spiro atoms. The summed E-state index contributed by atoms with van der Waals surface area (Å²) in [5, 5.41) is 3.53.